The molecular formula is C15H20N2O. The van der Waals surface area contributed by atoms with E-state index in [-0.39, 0.29) is 0 Å². The van der Waals surface area contributed by atoms with Gasteiger partial charge in [0.25, 0.3) is 0 Å². The van der Waals surface area contributed by atoms with E-state index in [0.717, 1.165) is 38.1 Å². The highest BCUT2D eigenvalue weighted by molar-refractivity contribution is 5.78. The Bertz CT molecular complexity index is 485. The standard InChI is InChI=1S/C15H20N2O/c1-18-10-9-16-8-4-5-13-11-14-6-2-3-7-15(14)17-12-13/h2-3,6-7,11-12,16H,4-5,8-10H2,1H3. The van der Waals surface area contributed by atoms with Gasteiger partial charge in [0.2, 0.25) is 0 Å². The number of hydrogen-bond donors (Lipinski definition) is 1. The zero-order valence-corrected chi connectivity index (χ0v) is 10.9. The number of nitrogens with zero attached hydrogens (tertiary/aromatic N) is 1. The Labute approximate surface area is 108 Å². The predicted octanol–water partition coefficient (Wildman–Crippen LogP) is 2.40. The first-order chi connectivity index (χ1) is 8.90. The van der Waals surface area contributed by atoms with Gasteiger partial charge in [-0.1, -0.05) is 18.2 Å². The van der Waals surface area contributed by atoms with Gasteiger partial charge in [-0.25, -0.2) is 0 Å². The summed E-state index contributed by atoms with van der Waals surface area (Å²) >= 11 is 0. The lowest BCUT2D eigenvalue weighted by atomic mass is 10.1. The zero-order chi connectivity index (χ0) is 12.6. The molecule has 0 bridgehead atoms. The summed E-state index contributed by atoms with van der Waals surface area (Å²) in [6.45, 7) is 2.72. The van der Waals surface area contributed by atoms with Gasteiger partial charge in [0.05, 0.1) is 12.1 Å². The van der Waals surface area contributed by atoms with Crippen molar-refractivity contribution in [1.82, 2.24) is 10.3 Å². The molecule has 2 aromatic rings. The maximum Gasteiger partial charge on any atom is 0.0702 e. The Morgan fingerprint density at radius 3 is 3.00 bits per heavy atom. The maximum absolute atomic E-state index is 4.98. The van der Waals surface area contributed by atoms with E-state index >= 15 is 0 Å². The van der Waals surface area contributed by atoms with Gasteiger partial charge in [-0.05, 0) is 37.1 Å². The highest BCUT2D eigenvalue weighted by Gasteiger charge is 1.97. The molecule has 0 saturated heterocycles. The van der Waals surface area contributed by atoms with E-state index in [2.05, 4.69) is 28.5 Å². The monoisotopic (exact) mass is 244 g/mol. The van der Waals surface area contributed by atoms with Crippen LogP contribution in [-0.4, -0.2) is 31.8 Å². The van der Waals surface area contributed by atoms with Gasteiger partial charge in [-0.2, -0.15) is 0 Å². The average molecular weight is 244 g/mol. The second kappa shape index (κ2) is 7.09. The Morgan fingerprint density at radius 1 is 1.22 bits per heavy atom. The fraction of sp³-hybridized carbons (Fsp3) is 0.400. The molecule has 0 unspecified atom stereocenters. The minimum Gasteiger partial charge on any atom is -0.383 e. The van der Waals surface area contributed by atoms with Crippen LogP contribution in [0.1, 0.15) is 12.0 Å². The fourth-order valence-electron chi connectivity index (χ4n) is 1.97. The van der Waals surface area contributed by atoms with Crippen molar-refractivity contribution in [2.75, 3.05) is 26.8 Å². The average Bonchev–Trinajstić information content (AvgIpc) is 2.42. The first kappa shape index (κ1) is 13.0. The number of aryl methyl sites for hydroxylation is 1. The summed E-state index contributed by atoms with van der Waals surface area (Å²) in [6.07, 6.45) is 4.18. The molecule has 0 amide bonds. The first-order valence-electron chi connectivity index (χ1n) is 6.43. The summed E-state index contributed by atoms with van der Waals surface area (Å²) in [7, 11) is 1.72. The van der Waals surface area contributed by atoms with Crippen LogP contribution in [0.4, 0.5) is 0 Å². The number of aromatic nitrogens is 1. The van der Waals surface area contributed by atoms with Crippen LogP contribution in [0.15, 0.2) is 36.5 Å². The smallest absolute Gasteiger partial charge is 0.0702 e. The molecule has 0 saturated carbocycles. The molecule has 3 nitrogen and oxygen atoms in total. The summed E-state index contributed by atoms with van der Waals surface area (Å²) in [4.78, 5) is 4.47. The number of methoxy groups -OCH3 is 1. The number of hydrogen-bond acceptors (Lipinski definition) is 3. The van der Waals surface area contributed by atoms with Gasteiger partial charge in [-0.3, -0.25) is 4.98 Å². The lowest BCUT2D eigenvalue weighted by Gasteiger charge is -2.05. The van der Waals surface area contributed by atoms with Gasteiger partial charge in [0.15, 0.2) is 0 Å². The van der Waals surface area contributed by atoms with Crippen molar-refractivity contribution < 1.29 is 4.74 Å². The van der Waals surface area contributed by atoms with E-state index < -0.39 is 0 Å². The molecule has 0 aliphatic rings. The minimum absolute atomic E-state index is 0.775. The summed E-state index contributed by atoms with van der Waals surface area (Å²) in [6, 6.07) is 10.5. The van der Waals surface area contributed by atoms with Gasteiger partial charge in [-0.15, -0.1) is 0 Å². The number of ether oxygens (including phenoxy) is 1. The largest absolute Gasteiger partial charge is 0.383 e. The maximum atomic E-state index is 4.98. The third-order valence-electron chi connectivity index (χ3n) is 2.95. The highest BCUT2D eigenvalue weighted by atomic mass is 16.5. The zero-order valence-electron chi connectivity index (χ0n) is 10.9. The normalized spacial score (nSPS) is 10.9. The van der Waals surface area contributed by atoms with Crippen LogP contribution in [0.2, 0.25) is 0 Å². The van der Waals surface area contributed by atoms with Crippen LogP contribution in [0.5, 0.6) is 0 Å². The van der Waals surface area contributed by atoms with Crippen molar-refractivity contribution in [3.8, 4) is 0 Å². The summed E-state index contributed by atoms with van der Waals surface area (Å²) in [5.41, 5.74) is 2.38. The Balaban J connectivity index is 1.81. The fourth-order valence-corrected chi connectivity index (χ4v) is 1.97. The van der Waals surface area contributed by atoms with Crippen molar-refractivity contribution in [1.29, 1.82) is 0 Å². The van der Waals surface area contributed by atoms with E-state index in [1.807, 2.05) is 18.3 Å². The third kappa shape index (κ3) is 3.79. The first-order valence-corrected chi connectivity index (χ1v) is 6.43. The molecule has 0 aliphatic heterocycles. The topological polar surface area (TPSA) is 34.1 Å². The number of benzene rings is 1. The molecule has 0 fully saturated rings. The van der Waals surface area contributed by atoms with Crippen molar-refractivity contribution in [3.05, 3.63) is 42.1 Å². The van der Waals surface area contributed by atoms with Crippen LogP contribution >= 0.6 is 0 Å². The van der Waals surface area contributed by atoms with Crippen LogP contribution in [0.3, 0.4) is 0 Å². The van der Waals surface area contributed by atoms with Gasteiger partial charge < -0.3 is 10.1 Å². The molecule has 18 heavy (non-hydrogen) atoms. The Hall–Kier alpha value is -1.45. The SMILES string of the molecule is COCCNCCCc1cnc2ccccc2c1. The van der Waals surface area contributed by atoms with Crippen molar-refractivity contribution >= 4 is 10.9 Å². The van der Waals surface area contributed by atoms with Crippen LogP contribution < -0.4 is 5.32 Å². The molecule has 0 spiro atoms. The molecule has 1 heterocycles. The second-order valence-corrected chi connectivity index (χ2v) is 4.38. The van der Waals surface area contributed by atoms with Crippen molar-refractivity contribution in [3.63, 3.8) is 0 Å². The van der Waals surface area contributed by atoms with Crippen molar-refractivity contribution in [2.45, 2.75) is 12.8 Å². The number of nitrogens with one attached hydrogen (secondary N) is 1. The molecule has 0 aliphatic carbocycles. The second-order valence-electron chi connectivity index (χ2n) is 4.38. The molecule has 1 aromatic carbocycles. The Morgan fingerprint density at radius 2 is 2.11 bits per heavy atom. The summed E-state index contributed by atoms with van der Waals surface area (Å²) in [5.74, 6) is 0. The summed E-state index contributed by atoms with van der Waals surface area (Å²) < 4.78 is 4.98. The number of para-hydroxylation sites is 1. The molecule has 96 valence electrons. The van der Waals surface area contributed by atoms with Crippen LogP contribution in [0.25, 0.3) is 10.9 Å². The third-order valence-corrected chi connectivity index (χ3v) is 2.95. The van der Waals surface area contributed by atoms with Crippen molar-refractivity contribution in [2.24, 2.45) is 0 Å². The Kier molecular flexibility index (Phi) is 5.12. The molecule has 3 heteroatoms. The number of rotatable bonds is 7. The number of fused-ring (bicyclic) bond motifs is 1. The van der Waals surface area contributed by atoms with Gasteiger partial charge >= 0.3 is 0 Å². The minimum atomic E-state index is 0.775. The van der Waals surface area contributed by atoms with E-state index in [1.165, 1.54) is 10.9 Å². The van der Waals surface area contributed by atoms with E-state index in [9.17, 15) is 0 Å². The van der Waals surface area contributed by atoms with Crippen LogP contribution in [-0.2, 0) is 11.2 Å². The molecule has 1 aromatic heterocycles. The lowest BCUT2D eigenvalue weighted by Crippen LogP contribution is -2.20. The van der Waals surface area contributed by atoms with E-state index in [1.54, 1.807) is 7.11 Å². The predicted molar refractivity (Wildman–Crippen MR) is 74.8 cm³/mol. The molecule has 0 radical (unpaired) electrons. The molecule has 2 rings (SSSR count). The molecular weight excluding hydrogens is 224 g/mol. The lowest BCUT2D eigenvalue weighted by molar-refractivity contribution is 0.199. The number of pyridine rings is 1. The van der Waals surface area contributed by atoms with Gasteiger partial charge in [0.1, 0.15) is 0 Å². The molecule has 1 N–H and O–H groups in total. The molecule has 0 atom stereocenters. The van der Waals surface area contributed by atoms with E-state index in [0.29, 0.717) is 0 Å². The van der Waals surface area contributed by atoms with Crippen LogP contribution in [0, 0.1) is 0 Å². The quantitative estimate of drug-likeness (QED) is 0.759. The van der Waals surface area contributed by atoms with Gasteiger partial charge in [0, 0.05) is 25.2 Å². The summed E-state index contributed by atoms with van der Waals surface area (Å²) in [5, 5.41) is 4.57. The van der Waals surface area contributed by atoms with E-state index in [4.69, 9.17) is 4.74 Å². The highest BCUT2D eigenvalue weighted by Crippen LogP contribution is 2.13.